The van der Waals surface area contributed by atoms with E-state index in [9.17, 15) is 0 Å². The summed E-state index contributed by atoms with van der Waals surface area (Å²) in [7, 11) is 4.81. The number of thiazole rings is 1. The largest absolute Gasteiger partial charge is 0.493 e. The van der Waals surface area contributed by atoms with Gasteiger partial charge in [-0.1, -0.05) is 23.7 Å². The number of nitrogens with two attached hydrogens (primary N) is 1. The van der Waals surface area contributed by atoms with Gasteiger partial charge in [0.2, 0.25) is 0 Å². The molecule has 3 heterocycles. The van der Waals surface area contributed by atoms with Gasteiger partial charge in [0.15, 0.2) is 28.7 Å². The Kier molecular flexibility index (Phi) is 6.25. The zero-order valence-corrected chi connectivity index (χ0v) is 20.7. The van der Waals surface area contributed by atoms with E-state index in [1.165, 1.54) is 11.3 Å². The Morgan fingerprint density at radius 2 is 1.71 bits per heavy atom. The number of halogens is 1. The summed E-state index contributed by atoms with van der Waals surface area (Å²) in [6.07, 6.45) is 0. The molecule has 0 amide bonds. The van der Waals surface area contributed by atoms with Crippen LogP contribution in [0.4, 0.5) is 5.82 Å². The lowest BCUT2D eigenvalue weighted by molar-refractivity contribution is 0.181. The van der Waals surface area contributed by atoms with E-state index in [4.69, 9.17) is 36.5 Å². The Hall–Kier alpha value is -3.73. The first kappa shape index (κ1) is 23.0. The molecule has 0 aliphatic heterocycles. The minimum absolute atomic E-state index is 0.288. The van der Waals surface area contributed by atoms with E-state index in [0.717, 1.165) is 22.4 Å². The Morgan fingerprint density at radius 3 is 2.43 bits per heavy atom. The molecule has 0 bridgehead atoms. The van der Waals surface area contributed by atoms with E-state index in [-0.39, 0.29) is 6.61 Å². The van der Waals surface area contributed by atoms with Crippen LogP contribution in [-0.4, -0.2) is 46.1 Å². The fourth-order valence-corrected chi connectivity index (χ4v) is 4.72. The molecule has 35 heavy (non-hydrogen) atoms. The number of rotatable bonds is 7. The number of hydrogen-bond acceptors (Lipinski definition) is 9. The Labute approximate surface area is 210 Å². The number of anilines is 1. The molecular weight excluding hydrogens is 488 g/mol. The number of benzene rings is 2. The summed E-state index contributed by atoms with van der Waals surface area (Å²) in [4.78, 5) is 4.74. The summed E-state index contributed by atoms with van der Waals surface area (Å²) in [5, 5.41) is 16.8. The lowest BCUT2D eigenvalue weighted by Crippen LogP contribution is -2.05. The minimum Gasteiger partial charge on any atom is -0.493 e. The SMILES string of the molecule is COCc1nn2c(N)c(-c3nc(-c4ccc(OC)c(OC)c4)cs3)nnc2c1-c1ccc(Cl)cc1. The third-order valence-electron chi connectivity index (χ3n) is 5.45. The fourth-order valence-electron chi connectivity index (χ4n) is 3.78. The second-order valence-corrected chi connectivity index (χ2v) is 8.83. The molecule has 9 nitrogen and oxygen atoms in total. The normalized spacial score (nSPS) is 11.2. The number of nitrogen functional groups attached to an aromatic ring is 1. The molecule has 0 fully saturated rings. The van der Waals surface area contributed by atoms with Gasteiger partial charge in [0.1, 0.15) is 5.01 Å². The van der Waals surface area contributed by atoms with Crippen LogP contribution in [0.15, 0.2) is 47.8 Å². The quantitative estimate of drug-likeness (QED) is 0.328. The molecule has 2 N–H and O–H groups in total. The van der Waals surface area contributed by atoms with Crippen LogP contribution in [0.3, 0.4) is 0 Å². The van der Waals surface area contributed by atoms with Gasteiger partial charge in [-0.3, -0.25) is 0 Å². The monoisotopic (exact) mass is 508 g/mol. The molecular formula is C24H21ClN6O3S. The average Bonchev–Trinajstić information content (AvgIpc) is 3.50. The molecule has 0 radical (unpaired) electrons. The number of ether oxygens (including phenoxy) is 3. The van der Waals surface area contributed by atoms with Crippen molar-refractivity contribution in [2.75, 3.05) is 27.1 Å². The van der Waals surface area contributed by atoms with Crippen LogP contribution >= 0.6 is 22.9 Å². The van der Waals surface area contributed by atoms with Crippen molar-refractivity contribution in [2.24, 2.45) is 0 Å². The standard InChI is InChI=1S/C24H21ClN6O3S/c1-32-11-16-20(13-4-7-15(25)8-5-13)23-29-28-21(22(26)31(23)30-16)24-27-17(12-35-24)14-6-9-18(33-2)19(10-14)34-3/h4-10,12H,11,26H2,1-3H3. The van der Waals surface area contributed by atoms with Crippen molar-refractivity contribution in [1.82, 2.24) is 24.8 Å². The molecule has 0 saturated heterocycles. The number of fused-ring (bicyclic) bond motifs is 1. The van der Waals surface area contributed by atoms with Gasteiger partial charge in [0.05, 0.1) is 37.8 Å². The van der Waals surface area contributed by atoms with Crippen LogP contribution in [0.25, 0.3) is 38.7 Å². The van der Waals surface area contributed by atoms with Gasteiger partial charge in [0, 0.05) is 23.1 Å². The summed E-state index contributed by atoms with van der Waals surface area (Å²) < 4.78 is 17.7. The second kappa shape index (κ2) is 9.49. The highest BCUT2D eigenvalue weighted by Crippen LogP contribution is 2.36. The van der Waals surface area contributed by atoms with E-state index in [1.54, 1.807) is 25.8 Å². The van der Waals surface area contributed by atoms with Crippen molar-refractivity contribution in [3.8, 4) is 44.6 Å². The fraction of sp³-hybridized carbons (Fsp3) is 0.167. The third-order valence-corrected chi connectivity index (χ3v) is 6.55. The summed E-state index contributed by atoms with van der Waals surface area (Å²) in [6, 6.07) is 13.1. The second-order valence-electron chi connectivity index (χ2n) is 7.54. The van der Waals surface area contributed by atoms with Crippen LogP contribution in [-0.2, 0) is 11.3 Å². The first-order valence-electron chi connectivity index (χ1n) is 10.5. The Balaban J connectivity index is 1.58. The molecule has 2 aromatic carbocycles. The predicted octanol–water partition coefficient (Wildman–Crippen LogP) is 4.98. The van der Waals surface area contributed by atoms with Crippen molar-refractivity contribution in [3.63, 3.8) is 0 Å². The summed E-state index contributed by atoms with van der Waals surface area (Å²) in [5.41, 5.74) is 11.5. The predicted molar refractivity (Wildman–Crippen MR) is 136 cm³/mol. The summed E-state index contributed by atoms with van der Waals surface area (Å²) in [5.74, 6) is 1.60. The van der Waals surface area contributed by atoms with Gasteiger partial charge >= 0.3 is 0 Å². The molecule has 3 aromatic heterocycles. The van der Waals surface area contributed by atoms with Crippen LogP contribution in [0.2, 0.25) is 5.02 Å². The lowest BCUT2D eigenvalue weighted by atomic mass is 10.1. The molecule has 0 saturated carbocycles. The highest BCUT2D eigenvalue weighted by molar-refractivity contribution is 7.13. The number of aromatic nitrogens is 5. The average molecular weight is 509 g/mol. The van der Waals surface area contributed by atoms with Crippen LogP contribution < -0.4 is 15.2 Å². The van der Waals surface area contributed by atoms with Crippen molar-refractivity contribution in [3.05, 3.63) is 58.6 Å². The highest BCUT2D eigenvalue weighted by atomic mass is 35.5. The van der Waals surface area contributed by atoms with Gasteiger partial charge in [0.25, 0.3) is 0 Å². The van der Waals surface area contributed by atoms with Gasteiger partial charge in [-0.25, -0.2) is 4.98 Å². The molecule has 0 aliphatic carbocycles. The highest BCUT2D eigenvalue weighted by Gasteiger charge is 2.22. The van der Waals surface area contributed by atoms with E-state index in [0.29, 0.717) is 44.4 Å². The first-order chi connectivity index (χ1) is 17.0. The van der Waals surface area contributed by atoms with Gasteiger partial charge in [-0.15, -0.1) is 21.5 Å². The van der Waals surface area contributed by atoms with Crippen LogP contribution in [0, 0.1) is 0 Å². The smallest absolute Gasteiger partial charge is 0.187 e. The molecule has 178 valence electrons. The topological polar surface area (TPSA) is 110 Å². The summed E-state index contributed by atoms with van der Waals surface area (Å²) in [6.45, 7) is 0.288. The van der Waals surface area contributed by atoms with Gasteiger partial charge in [-0.2, -0.15) is 9.61 Å². The van der Waals surface area contributed by atoms with E-state index in [2.05, 4.69) is 15.3 Å². The maximum absolute atomic E-state index is 6.53. The van der Waals surface area contributed by atoms with Gasteiger partial charge < -0.3 is 19.9 Å². The Bertz CT molecular complexity index is 1520. The zero-order valence-electron chi connectivity index (χ0n) is 19.2. The van der Waals surface area contributed by atoms with Gasteiger partial charge in [-0.05, 0) is 35.9 Å². The zero-order chi connectivity index (χ0) is 24.5. The minimum atomic E-state index is 0.288. The molecule has 0 aliphatic rings. The molecule has 0 unspecified atom stereocenters. The van der Waals surface area contributed by atoms with E-state index < -0.39 is 0 Å². The number of methoxy groups -OCH3 is 3. The van der Waals surface area contributed by atoms with Crippen molar-refractivity contribution >= 4 is 34.4 Å². The maximum Gasteiger partial charge on any atom is 0.187 e. The van der Waals surface area contributed by atoms with Crippen molar-refractivity contribution < 1.29 is 14.2 Å². The Morgan fingerprint density at radius 1 is 0.971 bits per heavy atom. The third kappa shape index (κ3) is 4.16. The van der Waals surface area contributed by atoms with Crippen LogP contribution in [0.1, 0.15) is 5.69 Å². The first-order valence-corrected chi connectivity index (χ1v) is 11.8. The molecule has 11 heteroatoms. The molecule has 5 rings (SSSR count). The lowest BCUT2D eigenvalue weighted by Gasteiger charge is -2.08. The summed E-state index contributed by atoms with van der Waals surface area (Å²) >= 11 is 7.49. The van der Waals surface area contributed by atoms with E-state index >= 15 is 0 Å². The molecule has 0 atom stereocenters. The van der Waals surface area contributed by atoms with E-state index in [1.807, 2.05) is 47.8 Å². The maximum atomic E-state index is 6.53. The molecule has 5 aromatic rings. The van der Waals surface area contributed by atoms with Crippen LogP contribution in [0.5, 0.6) is 11.5 Å². The number of hydrogen-bond donors (Lipinski definition) is 1. The molecule has 0 spiro atoms. The van der Waals surface area contributed by atoms with Crippen molar-refractivity contribution in [2.45, 2.75) is 6.61 Å². The van der Waals surface area contributed by atoms with Crippen molar-refractivity contribution in [1.29, 1.82) is 0 Å². The number of nitrogens with zero attached hydrogens (tertiary/aromatic N) is 5.